The number of nitriles is 1. The number of likely N-dealkylation sites (tertiary alicyclic amines) is 1. The van der Waals surface area contributed by atoms with E-state index in [0.717, 1.165) is 10.9 Å². The number of hydrogen-bond acceptors (Lipinski definition) is 4. The number of pyridine rings is 1. The van der Waals surface area contributed by atoms with Crippen molar-refractivity contribution >= 4 is 22.8 Å². The first-order valence-corrected chi connectivity index (χ1v) is 8.93. The molecule has 0 bridgehead atoms. The zero-order valence-electron chi connectivity index (χ0n) is 15.2. The summed E-state index contributed by atoms with van der Waals surface area (Å²) in [6, 6.07) is 3.16. The molecule has 1 atom stereocenters. The number of aromatic nitrogens is 2. The SMILES string of the molecule is CC(C)[C@H](C(=O)N1CC(C#N)(CF)C1)N1Cc2ccnc3[nH]cc(c23)C1=O. The van der Waals surface area contributed by atoms with E-state index in [2.05, 4.69) is 9.97 Å². The summed E-state index contributed by atoms with van der Waals surface area (Å²) in [5.74, 6) is -0.574. The molecule has 27 heavy (non-hydrogen) atoms. The van der Waals surface area contributed by atoms with Gasteiger partial charge in [0, 0.05) is 37.4 Å². The fourth-order valence-corrected chi connectivity index (χ4v) is 4.05. The van der Waals surface area contributed by atoms with Gasteiger partial charge in [-0.2, -0.15) is 5.26 Å². The minimum atomic E-state index is -1.10. The van der Waals surface area contributed by atoms with Crippen molar-refractivity contribution in [3.05, 3.63) is 29.6 Å². The predicted molar refractivity (Wildman–Crippen MR) is 95.2 cm³/mol. The average molecular weight is 369 g/mol. The van der Waals surface area contributed by atoms with Gasteiger partial charge in [-0.05, 0) is 17.5 Å². The van der Waals surface area contributed by atoms with Crippen LogP contribution in [0, 0.1) is 22.7 Å². The molecule has 0 spiro atoms. The van der Waals surface area contributed by atoms with Crippen LogP contribution in [0.25, 0.3) is 11.0 Å². The first-order valence-electron chi connectivity index (χ1n) is 8.93. The summed E-state index contributed by atoms with van der Waals surface area (Å²) in [5, 5.41) is 9.95. The van der Waals surface area contributed by atoms with Gasteiger partial charge in [0.25, 0.3) is 5.91 Å². The average Bonchev–Trinajstić information content (AvgIpc) is 3.05. The Bertz CT molecular complexity index is 970. The maximum absolute atomic E-state index is 13.1. The molecule has 1 saturated heterocycles. The maximum atomic E-state index is 13.1. The van der Waals surface area contributed by atoms with E-state index in [4.69, 9.17) is 5.26 Å². The fraction of sp³-hybridized carbons (Fsp3) is 0.474. The monoisotopic (exact) mass is 369 g/mol. The van der Waals surface area contributed by atoms with Gasteiger partial charge in [0.2, 0.25) is 5.91 Å². The normalized spacial score (nSPS) is 19.1. The number of carbonyl (C=O) groups is 2. The number of aromatic amines is 1. The largest absolute Gasteiger partial charge is 0.345 e. The van der Waals surface area contributed by atoms with Gasteiger partial charge in [0.15, 0.2) is 0 Å². The molecule has 4 heterocycles. The van der Waals surface area contributed by atoms with E-state index < -0.39 is 18.1 Å². The molecule has 1 fully saturated rings. The zero-order chi connectivity index (χ0) is 19.3. The number of hydrogen-bond donors (Lipinski definition) is 1. The van der Waals surface area contributed by atoms with E-state index in [1.807, 2.05) is 26.0 Å². The number of carbonyl (C=O) groups excluding carboxylic acids is 2. The molecular formula is C19H20FN5O2. The van der Waals surface area contributed by atoms with E-state index in [9.17, 15) is 14.0 Å². The van der Waals surface area contributed by atoms with E-state index >= 15 is 0 Å². The molecule has 7 nitrogen and oxygen atoms in total. The Balaban J connectivity index is 1.63. The van der Waals surface area contributed by atoms with Crippen molar-refractivity contribution in [2.75, 3.05) is 19.8 Å². The van der Waals surface area contributed by atoms with Gasteiger partial charge < -0.3 is 14.8 Å². The quantitative estimate of drug-likeness (QED) is 0.890. The Labute approximate surface area is 155 Å². The van der Waals surface area contributed by atoms with Gasteiger partial charge >= 0.3 is 0 Å². The second kappa shape index (κ2) is 6.05. The van der Waals surface area contributed by atoms with Crippen LogP contribution in [0.1, 0.15) is 29.8 Å². The van der Waals surface area contributed by atoms with Crippen LogP contribution in [-0.2, 0) is 11.3 Å². The number of alkyl halides is 1. The second-order valence-electron chi connectivity index (χ2n) is 7.74. The number of rotatable bonds is 4. The molecular weight excluding hydrogens is 349 g/mol. The van der Waals surface area contributed by atoms with Crippen LogP contribution < -0.4 is 0 Å². The molecule has 0 saturated carbocycles. The second-order valence-corrected chi connectivity index (χ2v) is 7.74. The molecule has 2 aromatic rings. The highest BCUT2D eigenvalue weighted by atomic mass is 19.1. The molecule has 2 aromatic heterocycles. The van der Waals surface area contributed by atoms with Crippen LogP contribution in [0.15, 0.2) is 18.5 Å². The van der Waals surface area contributed by atoms with Crippen molar-refractivity contribution in [2.24, 2.45) is 11.3 Å². The van der Waals surface area contributed by atoms with Gasteiger partial charge in [-0.3, -0.25) is 9.59 Å². The topological polar surface area (TPSA) is 93.1 Å². The Morgan fingerprint density at radius 2 is 2.22 bits per heavy atom. The highest BCUT2D eigenvalue weighted by molar-refractivity contribution is 6.10. The number of amides is 2. The van der Waals surface area contributed by atoms with Crippen molar-refractivity contribution in [3.63, 3.8) is 0 Å². The molecule has 0 aromatic carbocycles. The van der Waals surface area contributed by atoms with E-state index in [-0.39, 0.29) is 30.8 Å². The number of halogens is 1. The predicted octanol–water partition coefficient (Wildman–Crippen LogP) is 1.86. The molecule has 2 aliphatic rings. The van der Waals surface area contributed by atoms with Crippen LogP contribution in [0.3, 0.4) is 0 Å². The summed E-state index contributed by atoms with van der Waals surface area (Å²) in [6.45, 7) is 3.45. The van der Waals surface area contributed by atoms with Crippen LogP contribution in [0.2, 0.25) is 0 Å². The molecule has 2 aliphatic heterocycles. The lowest BCUT2D eigenvalue weighted by Crippen LogP contribution is -2.64. The zero-order valence-corrected chi connectivity index (χ0v) is 15.2. The summed E-state index contributed by atoms with van der Waals surface area (Å²) >= 11 is 0. The van der Waals surface area contributed by atoms with Gasteiger partial charge in [0.1, 0.15) is 23.8 Å². The third-order valence-electron chi connectivity index (χ3n) is 5.50. The molecule has 0 unspecified atom stereocenters. The van der Waals surface area contributed by atoms with Crippen molar-refractivity contribution in [2.45, 2.75) is 26.4 Å². The molecule has 1 N–H and O–H groups in total. The van der Waals surface area contributed by atoms with Gasteiger partial charge in [-0.15, -0.1) is 0 Å². The highest BCUT2D eigenvalue weighted by Crippen LogP contribution is 2.35. The van der Waals surface area contributed by atoms with Crippen LogP contribution in [0.5, 0.6) is 0 Å². The summed E-state index contributed by atoms with van der Waals surface area (Å²) in [4.78, 5) is 36.5. The van der Waals surface area contributed by atoms with Gasteiger partial charge in [0.05, 0.1) is 11.6 Å². The maximum Gasteiger partial charge on any atom is 0.257 e. The molecule has 0 aliphatic carbocycles. The van der Waals surface area contributed by atoms with Crippen LogP contribution in [-0.4, -0.2) is 57.4 Å². The van der Waals surface area contributed by atoms with Crippen molar-refractivity contribution in [3.8, 4) is 6.07 Å². The summed E-state index contributed by atoms with van der Waals surface area (Å²) in [5.41, 5.74) is 1.01. The Kier molecular flexibility index (Phi) is 3.91. The fourth-order valence-electron chi connectivity index (χ4n) is 4.05. The van der Waals surface area contributed by atoms with Crippen molar-refractivity contribution < 1.29 is 14.0 Å². The third kappa shape index (κ3) is 2.49. The molecule has 8 heteroatoms. The van der Waals surface area contributed by atoms with Gasteiger partial charge in [-0.1, -0.05) is 13.8 Å². The lowest BCUT2D eigenvalue weighted by molar-refractivity contribution is -0.148. The van der Waals surface area contributed by atoms with Gasteiger partial charge in [-0.25, -0.2) is 9.37 Å². The summed E-state index contributed by atoms with van der Waals surface area (Å²) in [7, 11) is 0. The number of H-pyrrole nitrogens is 1. The molecule has 0 radical (unpaired) electrons. The summed E-state index contributed by atoms with van der Waals surface area (Å²) < 4.78 is 13.1. The molecule has 2 amide bonds. The van der Waals surface area contributed by atoms with Crippen molar-refractivity contribution in [1.82, 2.24) is 19.8 Å². The summed E-state index contributed by atoms with van der Waals surface area (Å²) in [6.07, 6.45) is 3.31. The smallest absolute Gasteiger partial charge is 0.257 e. The van der Waals surface area contributed by atoms with Crippen LogP contribution >= 0.6 is 0 Å². The lowest BCUT2D eigenvalue weighted by atomic mass is 9.81. The Morgan fingerprint density at radius 3 is 2.85 bits per heavy atom. The Morgan fingerprint density at radius 1 is 1.48 bits per heavy atom. The minimum absolute atomic E-state index is 0.0684. The molecule has 4 rings (SSSR count). The highest BCUT2D eigenvalue weighted by Gasteiger charge is 2.49. The van der Waals surface area contributed by atoms with Crippen molar-refractivity contribution in [1.29, 1.82) is 5.26 Å². The van der Waals surface area contributed by atoms with Crippen LogP contribution in [0.4, 0.5) is 4.39 Å². The standard InChI is InChI=1S/C19H20FN5O2/c1-11(2)15(18(27)24-9-19(7-20,8-21)10-24)25-6-12-3-4-22-16-14(12)13(5-23-16)17(25)26/h3-5,11,15H,6-7,9-10H2,1-2H3,(H,22,23)/t15-/m1/s1. The minimum Gasteiger partial charge on any atom is -0.345 e. The molecule has 140 valence electrons. The third-order valence-corrected chi connectivity index (χ3v) is 5.50. The number of nitrogens with zero attached hydrogens (tertiary/aromatic N) is 4. The van der Waals surface area contributed by atoms with E-state index in [1.165, 1.54) is 4.90 Å². The first-order chi connectivity index (χ1) is 12.9. The number of nitrogens with one attached hydrogen (secondary N) is 1. The Hall–Kier alpha value is -2.95. The lowest BCUT2D eigenvalue weighted by Gasteiger charge is -2.47. The first kappa shape index (κ1) is 17.5. The van der Waals surface area contributed by atoms with E-state index in [0.29, 0.717) is 17.8 Å². The van der Waals surface area contributed by atoms with E-state index in [1.54, 1.807) is 17.3 Å².